The minimum absolute atomic E-state index is 0.913. The van der Waals surface area contributed by atoms with Crippen molar-refractivity contribution in [3.05, 3.63) is 42.2 Å². The summed E-state index contributed by atoms with van der Waals surface area (Å²) in [6, 6.07) is 5.85. The summed E-state index contributed by atoms with van der Waals surface area (Å²) in [6.45, 7) is 0. The van der Waals surface area contributed by atoms with Crippen LogP contribution in [0.4, 0.5) is 0 Å². The van der Waals surface area contributed by atoms with Crippen LogP contribution in [0.2, 0.25) is 0 Å². The third-order valence-electron chi connectivity index (χ3n) is 2.16. The van der Waals surface area contributed by atoms with E-state index in [0.29, 0.717) is 0 Å². The maximum atomic E-state index is 4.36. The van der Waals surface area contributed by atoms with Crippen molar-refractivity contribution in [2.75, 3.05) is 0 Å². The van der Waals surface area contributed by atoms with Crippen LogP contribution in [0.25, 0.3) is 21.6 Å². The van der Waals surface area contributed by atoms with Crippen LogP contribution in [0.15, 0.2) is 42.2 Å². The normalized spacial score (nSPS) is 10.7. The Hall–Kier alpha value is -1.81. The molecule has 3 heterocycles. The zero-order chi connectivity index (χ0) is 10.1. The topological polar surface area (TPSA) is 38.7 Å². The van der Waals surface area contributed by atoms with Gasteiger partial charge in [-0.05, 0) is 18.2 Å². The summed E-state index contributed by atoms with van der Waals surface area (Å²) >= 11 is 1.59. The molecule has 0 aromatic carbocycles. The molecule has 3 aromatic rings. The second-order valence-electron chi connectivity index (χ2n) is 3.07. The Balaban J connectivity index is 2.36. The Morgan fingerprint density at radius 3 is 2.80 bits per heavy atom. The molecule has 0 spiro atoms. The van der Waals surface area contributed by atoms with Gasteiger partial charge in [-0.25, -0.2) is 4.98 Å². The van der Waals surface area contributed by atoms with E-state index in [0.717, 1.165) is 21.6 Å². The molecule has 0 aliphatic carbocycles. The van der Waals surface area contributed by atoms with Gasteiger partial charge in [0.2, 0.25) is 0 Å². The first-order valence-corrected chi connectivity index (χ1v) is 5.43. The fourth-order valence-corrected chi connectivity index (χ4v) is 2.16. The first-order valence-electron chi connectivity index (χ1n) is 4.55. The minimum Gasteiger partial charge on any atom is -0.256 e. The predicted molar refractivity (Wildman–Crippen MR) is 60.6 cm³/mol. The van der Waals surface area contributed by atoms with Crippen molar-refractivity contribution in [3.63, 3.8) is 0 Å². The summed E-state index contributed by atoms with van der Waals surface area (Å²) in [5.74, 6) is 0. The molecule has 72 valence electrons. The highest BCUT2D eigenvalue weighted by molar-refractivity contribution is 7.13. The molecular formula is C11H7N3S. The van der Waals surface area contributed by atoms with E-state index in [1.165, 1.54) is 0 Å². The van der Waals surface area contributed by atoms with E-state index < -0.39 is 0 Å². The van der Waals surface area contributed by atoms with Crippen LogP contribution in [0.5, 0.6) is 0 Å². The van der Waals surface area contributed by atoms with Gasteiger partial charge in [-0.3, -0.25) is 9.97 Å². The molecule has 3 rings (SSSR count). The second-order valence-corrected chi connectivity index (χ2v) is 3.96. The average Bonchev–Trinajstić information content (AvgIpc) is 2.82. The van der Waals surface area contributed by atoms with Crippen molar-refractivity contribution in [3.8, 4) is 10.7 Å². The third-order valence-corrected chi connectivity index (χ3v) is 2.94. The lowest BCUT2D eigenvalue weighted by atomic mass is 10.2. The fraction of sp³-hybridized carbons (Fsp3) is 0. The Morgan fingerprint density at radius 1 is 0.933 bits per heavy atom. The lowest BCUT2D eigenvalue weighted by Crippen LogP contribution is -1.86. The molecule has 0 radical (unpaired) electrons. The van der Waals surface area contributed by atoms with E-state index in [2.05, 4.69) is 15.0 Å². The van der Waals surface area contributed by atoms with Gasteiger partial charge in [0.25, 0.3) is 0 Å². The molecule has 0 unspecified atom stereocenters. The number of hydrogen-bond acceptors (Lipinski definition) is 4. The van der Waals surface area contributed by atoms with Crippen LogP contribution in [0.1, 0.15) is 0 Å². The van der Waals surface area contributed by atoms with Crippen molar-refractivity contribution in [2.45, 2.75) is 0 Å². The Labute approximate surface area is 90.5 Å². The van der Waals surface area contributed by atoms with E-state index in [1.54, 1.807) is 29.9 Å². The highest BCUT2D eigenvalue weighted by atomic mass is 32.1. The van der Waals surface area contributed by atoms with Crippen molar-refractivity contribution in [2.24, 2.45) is 0 Å². The number of rotatable bonds is 1. The van der Waals surface area contributed by atoms with Crippen LogP contribution in [0, 0.1) is 0 Å². The number of hydrogen-bond donors (Lipinski definition) is 0. The summed E-state index contributed by atoms with van der Waals surface area (Å²) in [5, 5.41) is 3.94. The summed E-state index contributed by atoms with van der Waals surface area (Å²) in [7, 11) is 0. The monoisotopic (exact) mass is 213 g/mol. The van der Waals surface area contributed by atoms with Gasteiger partial charge in [-0.1, -0.05) is 0 Å². The van der Waals surface area contributed by atoms with E-state index in [9.17, 15) is 0 Å². The summed E-state index contributed by atoms with van der Waals surface area (Å²) in [4.78, 5) is 12.9. The molecule has 0 saturated carbocycles. The number of pyridine rings is 2. The van der Waals surface area contributed by atoms with Crippen LogP contribution in [-0.2, 0) is 0 Å². The summed E-state index contributed by atoms with van der Waals surface area (Å²) in [5.41, 5.74) is 1.87. The smallest absolute Gasteiger partial charge is 0.142 e. The lowest BCUT2D eigenvalue weighted by molar-refractivity contribution is 1.30. The molecule has 4 heteroatoms. The van der Waals surface area contributed by atoms with E-state index in [4.69, 9.17) is 0 Å². The Morgan fingerprint density at radius 2 is 1.93 bits per heavy atom. The quantitative estimate of drug-likeness (QED) is 0.624. The second kappa shape index (κ2) is 3.40. The number of nitrogens with zero attached hydrogens (tertiary/aromatic N) is 3. The lowest BCUT2D eigenvalue weighted by Gasteiger charge is -2.00. The highest BCUT2D eigenvalue weighted by Gasteiger charge is 2.06. The molecule has 0 atom stereocenters. The summed E-state index contributed by atoms with van der Waals surface area (Å²) in [6.07, 6.45) is 5.34. The molecule has 0 amide bonds. The zero-order valence-electron chi connectivity index (χ0n) is 7.79. The number of aromatic nitrogens is 3. The maximum Gasteiger partial charge on any atom is 0.142 e. The van der Waals surface area contributed by atoms with E-state index in [1.807, 2.05) is 23.6 Å². The summed E-state index contributed by atoms with van der Waals surface area (Å²) < 4.78 is 0. The van der Waals surface area contributed by atoms with Gasteiger partial charge < -0.3 is 0 Å². The van der Waals surface area contributed by atoms with Gasteiger partial charge >= 0.3 is 0 Å². The fourth-order valence-electron chi connectivity index (χ4n) is 1.51. The molecule has 0 aliphatic heterocycles. The molecule has 0 bridgehead atoms. The van der Waals surface area contributed by atoms with Gasteiger partial charge in [-0.15, -0.1) is 11.3 Å². The standard InChI is InChI=1S/C11H7N3S/c1-2-8-9(12-4-1)3-5-13-10(8)11-14-6-7-15-11/h1-7H. The number of fused-ring (bicyclic) bond motifs is 1. The van der Waals surface area contributed by atoms with Gasteiger partial charge in [0.1, 0.15) is 10.7 Å². The maximum absolute atomic E-state index is 4.36. The van der Waals surface area contributed by atoms with Crippen LogP contribution >= 0.6 is 11.3 Å². The van der Waals surface area contributed by atoms with Gasteiger partial charge in [0.05, 0.1) is 5.52 Å². The predicted octanol–water partition coefficient (Wildman–Crippen LogP) is 2.75. The van der Waals surface area contributed by atoms with Crippen LogP contribution in [-0.4, -0.2) is 15.0 Å². The van der Waals surface area contributed by atoms with Crippen LogP contribution in [0.3, 0.4) is 0 Å². The largest absolute Gasteiger partial charge is 0.256 e. The zero-order valence-corrected chi connectivity index (χ0v) is 8.61. The molecule has 3 aromatic heterocycles. The van der Waals surface area contributed by atoms with Gasteiger partial charge in [0, 0.05) is 29.4 Å². The van der Waals surface area contributed by atoms with Gasteiger partial charge in [0.15, 0.2) is 0 Å². The average molecular weight is 213 g/mol. The molecule has 0 aliphatic rings. The van der Waals surface area contributed by atoms with E-state index >= 15 is 0 Å². The minimum atomic E-state index is 0.913. The molecule has 0 saturated heterocycles. The number of thiazole rings is 1. The third kappa shape index (κ3) is 1.39. The van der Waals surface area contributed by atoms with Gasteiger partial charge in [-0.2, -0.15) is 0 Å². The Kier molecular flexibility index (Phi) is 1.93. The highest BCUT2D eigenvalue weighted by Crippen LogP contribution is 2.26. The van der Waals surface area contributed by atoms with Crippen molar-refractivity contribution in [1.29, 1.82) is 0 Å². The van der Waals surface area contributed by atoms with Crippen LogP contribution < -0.4 is 0 Å². The van der Waals surface area contributed by atoms with Crippen molar-refractivity contribution < 1.29 is 0 Å². The molecule has 15 heavy (non-hydrogen) atoms. The molecule has 3 nitrogen and oxygen atoms in total. The van der Waals surface area contributed by atoms with Crippen molar-refractivity contribution in [1.82, 2.24) is 15.0 Å². The SMILES string of the molecule is c1cnc2ccnc(-c3nccs3)c2c1. The van der Waals surface area contributed by atoms with E-state index in [-0.39, 0.29) is 0 Å². The Bertz CT molecular complexity index is 584. The van der Waals surface area contributed by atoms with Crippen molar-refractivity contribution >= 4 is 22.2 Å². The molecular weight excluding hydrogens is 206 g/mol. The molecule has 0 N–H and O–H groups in total. The first-order chi connectivity index (χ1) is 7.45. The molecule has 0 fully saturated rings. The first kappa shape index (κ1) is 8.49.